The quantitative estimate of drug-likeness (QED) is 0.610. The number of piperidine rings is 1. The number of nitrogens with one attached hydrogen (secondary N) is 1. The van der Waals surface area contributed by atoms with Gasteiger partial charge in [-0.2, -0.15) is 8.78 Å². The van der Waals surface area contributed by atoms with E-state index in [9.17, 15) is 18.4 Å². The van der Waals surface area contributed by atoms with E-state index >= 15 is 0 Å². The maximum atomic E-state index is 12.6. The maximum absolute atomic E-state index is 12.6. The highest BCUT2D eigenvalue weighted by molar-refractivity contribution is 5.96. The monoisotopic (exact) mass is 432 g/mol. The number of ether oxygens (including phenoxy) is 1. The van der Waals surface area contributed by atoms with Crippen LogP contribution in [-0.2, 0) is 4.79 Å². The topological polar surface area (TPSA) is 58.6 Å². The average molecular weight is 433 g/mol. The minimum atomic E-state index is -2.83. The van der Waals surface area contributed by atoms with Gasteiger partial charge in [0.1, 0.15) is 5.75 Å². The molecule has 0 spiro atoms. The van der Waals surface area contributed by atoms with Crippen LogP contribution in [0.25, 0.3) is 0 Å². The Balaban J connectivity index is 0.000000233. The summed E-state index contributed by atoms with van der Waals surface area (Å²) in [4.78, 5) is 24.5. The van der Waals surface area contributed by atoms with Crippen LogP contribution in [0.3, 0.4) is 0 Å². The predicted octanol–water partition coefficient (Wildman–Crippen LogP) is 5.54. The summed E-state index contributed by atoms with van der Waals surface area (Å²) in [5, 5.41) is 2.36. The summed E-state index contributed by atoms with van der Waals surface area (Å²) in [6, 6.07) is 13.6. The second-order valence-electron chi connectivity index (χ2n) is 7.88. The Morgan fingerprint density at radius 2 is 1.71 bits per heavy atom. The van der Waals surface area contributed by atoms with Crippen molar-refractivity contribution in [2.45, 2.75) is 46.1 Å². The fraction of sp³-hybridized carbons (Fsp3) is 0.417. The number of carbonyl (C=O) groups is 2. The largest absolute Gasteiger partial charge is 0.435 e. The molecule has 1 saturated heterocycles. The zero-order valence-corrected chi connectivity index (χ0v) is 18.2. The normalized spacial score (nSPS) is 14.1. The van der Waals surface area contributed by atoms with Crippen molar-refractivity contribution in [2.75, 3.05) is 18.4 Å². The van der Waals surface area contributed by atoms with Gasteiger partial charge in [0, 0.05) is 24.3 Å². The SMILES string of the molecule is CC1CCN(C(=O)c2ccccc2C(C)C)CC1.O=CNc1ccc(OC(F)F)cc1. The summed E-state index contributed by atoms with van der Waals surface area (Å²) >= 11 is 0. The van der Waals surface area contributed by atoms with Crippen LogP contribution in [0.4, 0.5) is 14.5 Å². The number of anilines is 1. The minimum absolute atomic E-state index is 0.0615. The van der Waals surface area contributed by atoms with E-state index in [0.717, 1.165) is 37.4 Å². The van der Waals surface area contributed by atoms with Crippen molar-refractivity contribution in [3.63, 3.8) is 0 Å². The zero-order chi connectivity index (χ0) is 22.8. The summed E-state index contributed by atoms with van der Waals surface area (Å²) in [5.41, 5.74) is 2.58. The summed E-state index contributed by atoms with van der Waals surface area (Å²) in [5.74, 6) is 1.43. The fourth-order valence-corrected chi connectivity index (χ4v) is 3.38. The number of alkyl halides is 2. The predicted molar refractivity (Wildman–Crippen MR) is 118 cm³/mol. The van der Waals surface area contributed by atoms with Gasteiger partial charge >= 0.3 is 6.61 Å². The summed E-state index contributed by atoms with van der Waals surface area (Å²) in [6.07, 6.45) is 2.77. The van der Waals surface area contributed by atoms with Crippen LogP contribution in [0.1, 0.15) is 55.5 Å². The molecule has 2 amide bonds. The summed E-state index contributed by atoms with van der Waals surface area (Å²) in [7, 11) is 0. The van der Waals surface area contributed by atoms with Crippen LogP contribution in [-0.4, -0.2) is 36.9 Å². The van der Waals surface area contributed by atoms with Crippen LogP contribution in [0.15, 0.2) is 48.5 Å². The third-order valence-electron chi connectivity index (χ3n) is 5.19. The van der Waals surface area contributed by atoms with Crippen LogP contribution in [0, 0.1) is 5.92 Å². The van der Waals surface area contributed by atoms with E-state index in [1.165, 1.54) is 29.8 Å². The molecule has 3 rings (SSSR count). The van der Waals surface area contributed by atoms with E-state index in [0.29, 0.717) is 18.0 Å². The third kappa shape index (κ3) is 7.66. The Hall–Kier alpha value is -2.96. The van der Waals surface area contributed by atoms with Crippen LogP contribution >= 0.6 is 0 Å². The number of likely N-dealkylation sites (tertiary alicyclic amines) is 1. The molecule has 0 saturated carbocycles. The van der Waals surface area contributed by atoms with E-state index < -0.39 is 6.61 Å². The van der Waals surface area contributed by atoms with Crippen molar-refractivity contribution in [1.29, 1.82) is 0 Å². The number of carbonyl (C=O) groups excluding carboxylic acids is 2. The molecule has 0 bridgehead atoms. The second-order valence-corrected chi connectivity index (χ2v) is 7.88. The van der Waals surface area contributed by atoms with Crippen molar-refractivity contribution in [2.24, 2.45) is 5.92 Å². The molecule has 1 N–H and O–H groups in total. The summed E-state index contributed by atoms with van der Waals surface area (Å²) in [6.45, 7) is 5.54. The van der Waals surface area contributed by atoms with Gasteiger partial charge < -0.3 is 15.0 Å². The minimum Gasteiger partial charge on any atom is -0.435 e. The molecular formula is C24H30F2N2O3. The van der Waals surface area contributed by atoms with E-state index in [4.69, 9.17) is 0 Å². The fourth-order valence-electron chi connectivity index (χ4n) is 3.38. The molecule has 2 aromatic rings. The van der Waals surface area contributed by atoms with E-state index in [2.05, 4.69) is 36.9 Å². The van der Waals surface area contributed by atoms with E-state index in [-0.39, 0.29) is 11.7 Å². The van der Waals surface area contributed by atoms with E-state index in [1.54, 1.807) is 0 Å². The Kier molecular flexibility index (Phi) is 9.43. The Morgan fingerprint density at radius 1 is 1.10 bits per heavy atom. The highest BCUT2D eigenvalue weighted by Crippen LogP contribution is 2.23. The molecule has 0 radical (unpaired) electrons. The Labute approximate surface area is 182 Å². The zero-order valence-electron chi connectivity index (χ0n) is 18.2. The molecular weight excluding hydrogens is 402 g/mol. The molecule has 7 heteroatoms. The first-order valence-corrected chi connectivity index (χ1v) is 10.4. The molecule has 2 aromatic carbocycles. The first kappa shape index (κ1) is 24.3. The molecule has 1 heterocycles. The number of benzene rings is 2. The number of halogens is 2. The van der Waals surface area contributed by atoms with Crippen LogP contribution in [0.5, 0.6) is 5.75 Å². The van der Waals surface area contributed by atoms with Crippen molar-refractivity contribution in [3.8, 4) is 5.75 Å². The number of hydrogen-bond donors (Lipinski definition) is 1. The van der Waals surface area contributed by atoms with E-state index in [1.807, 2.05) is 23.1 Å². The average Bonchev–Trinajstić information content (AvgIpc) is 2.75. The van der Waals surface area contributed by atoms with Gasteiger partial charge in [-0.1, -0.05) is 39.0 Å². The van der Waals surface area contributed by atoms with Gasteiger partial charge in [-0.05, 0) is 60.6 Å². The lowest BCUT2D eigenvalue weighted by atomic mass is 9.94. The Morgan fingerprint density at radius 3 is 2.26 bits per heavy atom. The van der Waals surface area contributed by atoms with Crippen molar-refractivity contribution < 1.29 is 23.1 Å². The number of nitrogens with zero attached hydrogens (tertiary/aromatic N) is 1. The van der Waals surface area contributed by atoms with Crippen LogP contribution in [0.2, 0.25) is 0 Å². The second kappa shape index (κ2) is 12.0. The standard InChI is InChI=1S/C16H23NO.C8H7F2NO2/c1-12(2)14-6-4-5-7-15(14)16(18)17-10-8-13(3)9-11-17;9-8(10)13-7-3-1-6(2-4-7)11-5-12/h4-7,12-13H,8-11H2,1-3H3;1-5,8H,(H,11,12). The Bertz CT molecular complexity index is 833. The van der Waals surface area contributed by atoms with Crippen LogP contribution < -0.4 is 10.1 Å². The van der Waals surface area contributed by atoms with Gasteiger partial charge in [-0.25, -0.2) is 0 Å². The van der Waals surface area contributed by atoms with Gasteiger partial charge in [-0.3, -0.25) is 9.59 Å². The molecule has 5 nitrogen and oxygen atoms in total. The van der Waals surface area contributed by atoms with Gasteiger partial charge in [0.2, 0.25) is 6.41 Å². The first-order valence-electron chi connectivity index (χ1n) is 10.4. The molecule has 0 aliphatic carbocycles. The number of rotatable bonds is 6. The summed E-state index contributed by atoms with van der Waals surface area (Å²) < 4.78 is 27.4. The number of amides is 2. The van der Waals surface area contributed by atoms with Gasteiger partial charge in [0.25, 0.3) is 5.91 Å². The lowest BCUT2D eigenvalue weighted by Crippen LogP contribution is -2.38. The highest BCUT2D eigenvalue weighted by atomic mass is 19.3. The lowest BCUT2D eigenvalue weighted by molar-refractivity contribution is -0.105. The smallest absolute Gasteiger partial charge is 0.387 e. The highest BCUT2D eigenvalue weighted by Gasteiger charge is 2.23. The van der Waals surface area contributed by atoms with Crippen molar-refractivity contribution in [1.82, 2.24) is 4.90 Å². The molecule has 31 heavy (non-hydrogen) atoms. The van der Waals surface area contributed by atoms with Crippen molar-refractivity contribution in [3.05, 3.63) is 59.7 Å². The molecule has 1 aliphatic heterocycles. The molecule has 0 aromatic heterocycles. The molecule has 0 atom stereocenters. The molecule has 0 unspecified atom stereocenters. The first-order chi connectivity index (χ1) is 14.8. The van der Waals surface area contributed by atoms with Gasteiger partial charge in [-0.15, -0.1) is 0 Å². The van der Waals surface area contributed by atoms with Crippen molar-refractivity contribution >= 4 is 18.0 Å². The third-order valence-corrected chi connectivity index (χ3v) is 5.19. The lowest BCUT2D eigenvalue weighted by Gasteiger charge is -2.31. The molecule has 1 fully saturated rings. The molecule has 168 valence electrons. The van der Waals surface area contributed by atoms with Gasteiger partial charge in [0.15, 0.2) is 0 Å². The van der Waals surface area contributed by atoms with Gasteiger partial charge in [0.05, 0.1) is 0 Å². The number of hydrogen-bond acceptors (Lipinski definition) is 3. The molecule has 1 aliphatic rings. The maximum Gasteiger partial charge on any atom is 0.387 e.